The van der Waals surface area contributed by atoms with Gasteiger partial charge in [-0.15, -0.1) is 24.8 Å². The molecule has 0 unspecified atom stereocenters. The highest BCUT2D eigenvalue weighted by molar-refractivity contribution is 6.42. The molecular formula is C19H30Cl4N2O3. The number of nitrogens with zero attached hydrogens (tertiary/aromatic N) is 2. The van der Waals surface area contributed by atoms with Gasteiger partial charge in [0.15, 0.2) is 0 Å². The molecule has 0 radical (unpaired) electrons. The Kier molecular flexibility index (Phi) is 18.3. The van der Waals surface area contributed by atoms with E-state index in [4.69, 9.17) is 27.9 Å². The molecule has 2 aromatic carbocycles. The summed E-state index contributed by atoms with van der Waals surface area (Å²) in [6.45, 7) is 3.08. The molecule has 0 amide bonds. The highest BCUT2D eigenvalue weighted by Crippen LogP contribution is 2.31. The lowest BCUT2D eigenvalue weighted by molar-refractivity contribution is 0.229. The minimum Gasteiger partial charge on any atom is -0.492 e. The smallest absolute Gasteiger partial charge is 0.125 e. The lowest BCUT2D eigenvalue weighted by Gasteiger charge is -2.19. The summed E-state index contributed by atoms with van der Waals surface area (Å²) in [6.07, 6.45) is 0. The van der Waals surface area contributed by atoms with Crippen LogP contribution in [-0.4, -0.2) is 55.0 Å². The minimum absolute atomic E-state index is 0. The third-order valence-corrected chi connectivity index (χ3v) is 4.34. The summed E-state index contributed by atoms with van der Waals surface area (Å²) in [4.78, 5) is 4.31. The Morgan fingerprint density at radius 1 is 0.857 bits per heavy atom. The average Bonchev–Trinajstić information content (AvgIpc) is 2.52. The van der Waals surface area contributed by atoms with Crippen LogP contribution in [0.3, 0.4) is 0 Å². The van der Waals surface area contributed by atoms with Gasteiger partial charge in [0.2, 0.25) is 0 Å². The van der Waals surface area contributed by atoms with E-state index in [9.17, 15) is 0 Å². The number of rotatable bonds is 8. The van der Waals surface area contributed by atoms with Crippen molar-refractivity contribution in [3.63, 3.8) is 0 Å². The third-order valence-electron chi connectivity index (χ3n) is 3.62. The first-order valence-corrected chi connectivity index (χ1v) is 8.69. The monoisotopic (exact) mass is 474 g/mol. The van der Waals surface area contributed by atoms with Crippen molar-refractivity contribution in [3.8, 4) is 5.75 Å². The Bertz CT molecular complexity index is 661. The predicted molar refractivity (Wildman–Crippen MR) is 124 cm³/mol. The summed E-state index contributed by atoms with van der Waals surface area (Å²) in [5, 5.41) is 1.08. The molecule has 0 saturated carbocycles. The lowest BCUT2D eigenvalue weighted by Crippen LogP contribution is -2.24. The van der Waals surface area contributed by atoms with E-state index in [0.717, 1.165) is 30.9 Å². The molecule has 2 rings (SSSR count). The van der Waals surface area contributed by atoms with Crippen LogP contribution in [0.15, 0.2) is 42.5 Å². The molecule has 28 heavy (non-hydrogen) atoms. The fourth-order valence-corrected chi connectivity index (χ4v) is 2.79. The van der Waals surface area contributed by atoms with Crippen LogP contribution in [0.2, 0.25) is 10.0 Å². The van der Waals surface area contributed by atoms with E-state index in [1.54, 1.807) is 6.07 Å². The molecule has 0 heterocycles. The Labute approximate surface area is 190 Å². The number of benzene rings is 2. The molecule has 162 valence electrons. The van der Waals surface area contributed by atoms with E-state index in [2.05, 4.69) is 41.1 Å². The standard InChI is InChI=1S/C19H24Cl2N2O.2ClH.2H2O/c1-22(2)14-16-11-17(20)18(21)12-19(16)24-10-9-23(3)13-15-7-5-4-6-8-15;;;;/h4-8,11-12H,9-10,13-14H2,1-3H3;2*1H;2*1H2. The molecule has 0 aromatic heterocycles. The molecule has 5 nitrogen and oxygen atoms in total. The summed E-state index contributed by atoms with van der Waals surface area (Å²) < 4.78 is 5.97. The van der Waals surface area contributed by atoms with Gasteiger partial charge in [-0.1, -0.05) is 53.5 Å². The van der Waals surface area contributed by atoms with Gasteiger partial charge in [-0.25, -0.2) is 0 Å². The molecule has 4 N–H and O–H groups in total. The Morgan fingerprint density at radius 3 is 2.00 bits per heavy atom. The van der Waals surface area contributed by atoms with Gasteiger partial charge in [-0.2, -0.15) is 0 Å². The van der Waals surface area contributed by atoms with Crippen molar-refractivity contribution in [1.82, 2.24) is 9.80 Å². The van der Waals surface area contributed by atoms with Gasteiger partial charge in [-0.3, -0.25) is 4.90 Å². The van der Waals surface area contributed by atoms with Crippen LogP contribution in [-0.2, 0) is 13.1 Å². The van der Waals surface area contributed by atoms with Crippen molar-refractivity contribution in [2.45, 2.75) is 13.1 Å². The quantitative estimate of drug-likeness (QED) is 0.582. The van der Waals surface area contributed by atoms with Crippen molar-refractivity contribution in [1.29, 1.82) is 0 Å². The topological polar surface area (TPSA) is 78.7 Å². The minimum atomic E-state index is 0. The molecular weight excluding hydrogens is 446 g/mol. The molecule has 9 heteroatoms. The molecule has 0 spiro atoms. The first kappa shape index (κ1) is 31.9. The number of hydrogen-bond donors (Lipinski definition) is 0. The fraction of sp³-hybridized carbons (Fsp3) is 0.368. The molecule has 0 aliphatic carbocycles. The first-order valence-electron chi connectivity index (χ1n) is 7.93. The molecule has 0 saturated heterocycles. The second kappa shape index (κ2) is 16.1. The molecule has 0 atom stereocenters. The van der Waals surface area contributed by atoms with Crippen LogP contribution in [0.4, 0.5) is 0 Å². The van der Waals surface area contributed by atoms with Crippen LogP contribution in [0.1, 0.15) is 11.1 Å². The normalized spacial score (nSPS) is 9.68. The maximum absolute atomic E-state index is 6.14. The highest BCUT2D eigenvalue weighted by Gasteiger charge is 2.10. The zero-order chi connectivity index (χ0) is 17.5. The summed E-state index contributed by atoms with van der Waals surface area (Å²) in [6, 6.07) is 14.1. The molecule has 0 fully saturated rings. The number of halogens is 4. The first-order chi connectivity index (χ1) is 11.5. The maximum atomic E-state index is 6.14. The third kappa shape index (κ3) is 10.7. The fourth-order valence-electron chi connectivity index (χ4n) is 2.45. The van der Waals surface area contributed by atoms with Gasteiger partial charge >= 0.3 is 0 Å². The van der Waals surface area contributed by atoms with Crippen LogP contribution < -0.4 is 4.74 Å². The maximum Gasteiger partial charge on any atom is 0.125 e. The largest absolute Gasteiger partial charge is 0.492 e. The van der Waals surface area contributed by atoms with Crippen LogP contribution in [0.25, 0.3) is 0 Å². The second-order valence-electron chi connectivity index (χ2n) is 6.18. The van der Waals surface area contributed by atoms with Gasteiger partial charge in [-0.05, 0) is 32.8 Å². The van der Waals surface area contributed by atoms with Crippen LogP contribution in [0.5, 0.6) is 5.75 Å². The van der Waals surface area contributed by atoms with Gasteiger partial charge in [0.25, 0.3) is 0 Å². The Hall–Kier alpha value is -0.760. The molecule has 0 aliphatic heterocycles. The van der Waals surface area contributed by atoms with Crippen LogP contribution >= 0.6 is 48.0 Å². The second-order valence-corrected chi connectivity index (χ2v) is 7.00. The number of hydrogen-bond acceptors (Lipinski definition) is 3. The zero-order valence-corrected chi connectivity index (χ0v) is 19.4. The number of ether oxygens (including phenoxy) is 1. The Balaban J connectivity index is -0.00000156. The molecule has 0 bridgehead atoms. The average molecular weight is 476 g/mol. The Morgan fingerprint density at radius 2 is 1.43 bits per heavy atom. The SMILES string of the molecule is CN(C)Cc1cc(Cl)c(Cl)cc1OCCN(C)Cc1ccccc1.Cl.Cl.O.O. The van der Waals surface area contributed by atoms with Crippen molar-refractivity contribution in [2.24, 2.45) is 0 Å². The van der Waals surface area contributed by atoms with E-state index >= 15 is 0 Å². The molecule has 0 aliphatic rings. The van der Waals surface area contributed by atoms with E-state index in [1.165, 1.54) is 5.56 Å². The van der Waals surface area contributed by atoms with Crippen molar-refractivity contribution < 1.29 is 15.7 Å². The number of likely N-dealkylation sites (N-methyl/N-ethyl adjacent to an activating group) is 1. The highest BCUT2D eigenvalue weighted by atomic mass is 35.5. The van der Waals surface area contributed by atoms with E-state index in [1.807, 2.05) is 26.2 Å². The summed E-state index contributed by atoms with van der Waals surface area (Å²) >= 11 is 12.3. The van der Waals surface area contributed by atoms with Crippen LogP contribution in [0, 0.1) is 0 Å². The van der Waals surface area contributed by atoms with E-state index in [0.29, 0.717) is 16.7 Å². The van der Waals surface area contributed by atoms with Gasteiger partial charge in [0, 0.05) is 31.3 Å². The van der Waals surface area contributed by atoms with Gasteiger partial charge in [0.05, 0.1) is 10.0 Å². The lowest BCUT2D eigenvalue weighted by atomic mass is 10.2. The van der Waals surface area contributed by atoms with Gasteiger partial charge < -0.3 is 20.6 Å². The van der Waals surface area contributed by atoms with Crippen molar-refractivity contribution >= 4 is 48.0 Å². The van der Waals surface area contributed by atoms with E-state index in [-0.39, 0.29) is 35.8 Å². The summed E-state index contributed by atoms with van der Waals surface area (Å²) in [5.74, 6) is 0.797. The molecule has 2 aromatic rings. The van der Waals surface area contributed by atoms with Gasteiger partial charge in [0.1, 0.15) is 12.4 Å². The summed E-state index contributed by atoms with van der Waals surface area (Å²) in [7, 11) is 6.12. The van der Waals surface area contributed by atoms with Crippen molar-refractivity contribution in [3.05, 3.63) is 63.6 Å². The van der Waals surface area contributed by atoms with Crippen molar-refractivity contribution in [2.75, 3.05) is 34.3 Å². The predicted octanol–water partition coefficient (Wildman–Crippen LogP) is 3.76. The zero-order valence-electron chi connectivity index (χ0n) is 16.2. The summed E-state index contributed by atoms with van der Waals surface area (Å²) in [5.41, 5.74) is 2.34. The van der Waals surface area contributed by atoms with E-state index < -0.39 is 0 Å².